The molecule has 2 aliphatic rings. The van der Waals surface area contributed by atoms with E-state index in [-0.39, 0.29) is 17.6 Å². The fraction of sp³-hybridized carbons (Fsp3) is 0.526. The van der Waals surface area contributed by atoms with Crippen molar-refractivity contribution in [3.63, 3.8) is 0 Å². The highest BCUT2D eigenvalue weighted by Gasteiger charge is 2.29. The number of nitrogens with zero attached hydrogens (tertiary/aromatic N) is 3. The number of carbonyl (C=O) groups excluding carboxylic acids is 1. The second-order valence-corrected chi connectivity index (χ2v) is 7.05. The van der Waals surface area contributed by atoms with Crippen LogP contribution in [0.1, 0.15) is 49.2 Å². The molecule has 0 atom stereocenters. The van der Waals surface area contributed by atoms with Gasteiger partial charge in [0.2, 0.25) is 5.89 Å². The van der Waals surface area contributed by atoms with E-state index in [0.29, 0.717) is 24.9 Å². The van der Waals surface area contributed by atoms with E-state index < -0.39 is 5.82 Å². The molecule has 27 heavy (non-hydrogen) atoms. The zero-order valence-electron chi connectivity index (χ0n) is 15.1. The molecule has 144 valence electrons. The third-order valence-electron chi connectivity index (χ3n) is 5.29. The third kappa shape index (κ3) is 4.10. The van der Waals surface area contributed by atoms with E-state index in [0.717, 1.165) is 44.7 Å². The summed E-state index contributed by atoms with van der Waals surface area (Å²) in [6.45, 7) is 2.62. The van der Waals surface area contributed by atoms with Crippen LogP contribution in [0.15, 0.2) is 28.8 Å². The van der Waals surface area contributed by atoms with E-state index in [1.807, 2.05) is 0 Å². The van der Waals surface area contributed by atoms with Gasteiger partial charge in [0.1, 0.15) is 5.82 Å². The summed E-state index contributed by atoms with van der Waals surface area (Å²) in [6.07, 6.45) is 3.35. The summed E-state index contributed by atoms with van der Waals surface area (Å²) in [5.74, 6) is 1.46. The van der Waals surface area contributed by atoms with Crippen LogP contribution in [0.5, 0.6) is 0 Å². The molecule has 1 aromatic carbocycles. The maximum atomic E-state index is 13.7. The van der Waals surface area contributed by atoms with Crippen LogP contribution in [-0.4, -0.2) is 47.4 Å². The SMILES string of the molecule is O=C(Nc1ccccc1F)N1CCC(c2nc(C3CCOCC3)no2)CC1. The molecule has 1 aromatic heterocycles. The van der Waals surface area contributed by atoms with Crippen LogP contribution in [0.3, 0.4) is 0 Å². The van der Waals surface area contributed by atoms with Crippen molar-refractivity contribution in [3.05, 3.63) is 41.8 Å². The molecular formula is C19H23FN4O3. The number of carbonyl (C=O) groups is 1. The Morgan fingerprint density at radius 3 is 2.59 bits per heavy atom. The van der Waals surface area contributed by atoms with Crippen LogP contribution in [0.4, 0.5) is 14.9 Å². The maximum Gasteiger partial charge on any atom is 0.321 e. The molecule has 0 saturated carbocycles. The van der Waals surface area contributed by atoms with Crippen LogP contribution < -0.4 is 5.32 Å². The van der Waals surface area contributed by atoms with Crippen LogP contribution in [-0.2, 0) is 4.74 Å². The first-order valence-corrected chi connectivity index (χ1v) is 9.42. The Morgan fingerprint density at radius 2 is 1.85 bits per heavy atom. The lowest BCUT2D eigenvalue weighted by Crippen LogP contribution is -2.40. The van der Waals surface area contributed by atoms with Crippen LogP contribution in [0.2, 0.25) is 0 Å². The van der Waals surface area contributed by atoms with Gasteiger partial charge in [-0.1, -0.05) is 17.3 Å². The van der Waals surface area contributed by atoms with Crippen molar-refractivity contribution < 1.29 is 18.4 Å². The summed E-state index contributed by atoms with van der Waals surface area (Å²) in [5.41, 5.74) is 0.197. The quantitative estimate of drug-likeness (QED) is 0.889. The van der Waals surface area contributed by atoms with Crippen molar-refractivity contribution in [2.24, 2.45) is 0 Å². The van der Waals surface area contributed by atoms with Gasteiger partial charge in [-0.2, -0.15) is 4.98 Å². The van der Waals surface area contributed by atoms with Gasteiger partial charge in [-0.3, -0.25) is 0 Å². The minimum atomic E-state index is -0.438. The smallest absolute Gasteiger partial charge is 0.321 e. The van der Waals surface area contributed by atoms with Gasteiger partial charge < -0.3 is 19.5 Å². The van der Waals surface area contributed by atoms with Crippen LogP contribution in [0, 0.1) is 5.82 Å². The standard InChI is InChI=1S/C19H23FN4O3/c20-15-3-1-2-4-16(15)21-19(25)24-9-5-14(6-10-24)18-22-17(23-27-18)13-7-11-26-12-8-13/h1-4,13-14H,5-12H2,(H,21,25). The predicted molar refractivity (Wildman–Crippen MR) is 96.1 cm³/mol. The lowest BCUT2D eigenvalue weighted by atomic mass is 9.96. The first-order chi connectivity index (χ1) is 13.2. The molecule has 0 bridgehead atoms. The summed E-state index contributed by atoms with van der Waals surface area (Å²) in [4.78, 5) is 18.7. The van der Waals surface area contributed by atoms with E-state index in [1.165, 1.54) is 6.07 Å². The van der Waals surface area contributed by atoms with Gasteiger partial charge in [0, 0.05) is 38.1 Å². The van der Waals surface area contributed by atoms with Gasteiger partial charge in [-0.15, -0.1) is 0 Å². The van der Waals surface area contributed by atoms with Gasteiger partial charge in [0.15, 0.2) is 5.82 Å². The molecular weight excluding hydrogens is 351 g/mol. The second-order valence-electron chi connectivity index (χ2n) is 7.05. The van der Waals surface area contributed by atoms with Crippen LogP contribution in [0.25, 0.3) is 0 Å². The highest BCUT2D eigenvalue weighted by molar-refractivity contribution is 5.89. The zero-order chi connectivity index (χ0) is 18.6. The molecule has 7 nitrogen and oxygen atoms in total. The Labute approximate surface area is 156 Å². The zero-order valence-corrected chi connectivity index (χ0v) is 15.1. The molecule has 0 unspecified atom stereocenters. The van der Waals surface area contributed by atoms with E-state index in [2.05, 4.69) is 15.5 Å². The predicted octanol–water partition coefficient (Wildman–Crippen LogP) is 3.51. The molecule has 3 heterocycles. The normalized spacial score (nSPS) is 19.2. The number of likely N-dealkylation sites (tertiary alicyclic amines) is 1. The molecule has 2 aliphatic heterocycles. The van der Waals surface area contributed by atoms with Gasteiger partial charge in [0.05, 0.1) is 5.69 Å². The molecule has 4 rings (SSSR count). The van der Waals surface area contributed by atoms with E-state index in [9.17, 15) is 9.18 Å². The summed E-state index contributed by atoms with van der Waals surface area (Å²) in [7, 11) is 0. The number of ether oxygens (including phenoxy) is 1. The highest BCUT2D eigenvalue weighted by atomic mass is 19.1. The number of rotatable bonds is 3. The molecule has 0 spiro atoms. The van der Waals surface area contributed by atoms with Gasteiger partial charge >= 0.3 is 6.03 Å². The Hall–Kier alpha value is -2.48. The monoisotopic (exact) mass is 374 g/mol. The second kappa shape index (κ2) is 8.04. The fourth-order valence-corrected chi connectivity index (χ4v) is 3.62. The lowest BCUT2D eigenvalue weighted by molar-refractivity contribution is 0.0830. The number of aromatic nitrogens is 2. The molecule has 2 fully saturated rings. The Bertz CT molecular complexity index is 783. The fourth-order valence-electron chi connectivity index (χ4n) is 3.62. The molecule has 2 saturated heterocycles. The summed E-state index contributed by atoms with van der Waals surface area (Å²) < 4.78 is 24.6. The number of hydrogen-bond acceptors (Lipinski definition) is 5. The minimum absolute atomic E-state index is 0.156. The first-order valence-electron chi connectivity index (χ1n) is 9.42. The molecule has 2 amide bonds. The maximum absolute atomic E-state index is 13.7. The summed E-state index contributed by atoms with van der Waals surface area (Å²) in [5, 5.41) is 6.79. The van der Waals surface area contributed by atoms with E-state index in [1.54, 1.807) is 23.1 Å². The average Bonchev–Trinajstić information content (AvgIpc) is 3.21. The van der Waals surface area contributed by atoms with Crippen molar-refractivity contribution in [1.82, 2.24) is 15.0 Å². The number of piperidine rings is 1. The molecule has 0 aliphatic carbocycles. The van der Waals surface area contributed by atoms with Crippen LogP contribution >= 0.6 is 0 Å². The van der Waals surface area contributed by atoms with E-state index in [4.69, 9.17) is 9.26 Å². The summed E-state index contributed by atoms with van der Waals surface area (Å²) in [6, 6.07) is 5.88. The summed E-state index contributed by atoms with van der Waals surface area (Å²) >= 11 is 0. The number of hydrogen-bond donors (Lipinski definition) is 1. The number of urea groups is 1. The Morgan fingerprint density at radius 1 is 1.11 bits per heavy atom. The van der Waals surface area contributed by atoms with Crippen molar-refractivity contribution >= 4 is 11.7 Å². The topological polar surface area (TPSA) is 80.5 Å². The number of nitrogens with one attached hydrogen (secondary N) is 1. The number of para-hydroxylation sites is 1. The largest absolute Gasteiger partial charge is 0.381 e. The third-order valence-corrected chi connectivity index (χ3v) is 5.29. The van der Waals surface area contributed by atoms with Crippen molar-refractivity contribution in [2.45, 2.75) is 37.5 Å². The number of amides is 2. The van der Waals surface area contributed by atoms with Gasteiger partial charge in [0.25, 0.3) is 0 Å². The minimum Gasteiger partial charge on any atom is -0.381 e. The lowest BCUT2D eigenvalue weighted by Gasteiger charge is -2.30. The van der Waals surface area contributed by atoms with Crippen molar-refractivity contribution in [2.75, 3.05) is 31.6 Å². The van der Waals surface area contributed by atoms with E-state index >= 15 is 0 Å². The number of anilines is 1. The average molecular weight is 374 g/mol. The Balaban J connectivity index is 1.31. The Kier molecular flexibility index (Phi) is 5.33. The molecule has 1 N–H and O–H groups in total. The number of benzene rings is 1. The highest BCUT2D eigenvalue weighted by Crippen LogP contribution is 2.30. The first kappa shape index (κ1) is 17.9. The van der Waals surface area contributed by atoms with Gasteiger partial charge in [-0.25, -0.2) is 9.18 Å². The van der Waals surface area contributed by atoms with Crippen molar-refractivity contribution in [3.8, 4) is 0 Å². The molecule has 8 heteroatoms. The van der Waals surface area contributed by atoms with Gasteiger partial charge in [-0.05, 0) is 37.8 Å². The van der Waals surface area contributed by atoms with Crippen molar-refractivity contribution in [1.29, 1.82) is 0 Å². The number of halogens is 1. The molecule has 0 radical (unpaired) electrons. The molecule has 2 aromatic rings.